The fourth-order valence-electron chi connectivity index (χ4n) is 3.58. The van der Waals surface area contributed by atoms with Crippen LogP contribution < -0.4 is 20.9 Å². The molecule has 3 rings (SSSR count). The summed E-state index contributed by atoms with van der Waals surface area (Å²) in [5.41, 5.74) is -3.03. The number of halogens is 1. The van der Waals surface area contributed by atoms with Gasteiger partial charge in [-0.25, -0.2) is 14.4 Å². The van der Waals surface area contributed by atoms with E-state index < -0.39 is 55.5 Å². The first-order valence-electron chi connectivity index (χ1n) is 10.5. The molecule has 0 amide bonds. The van der Waals surface area contributed by atoms with Crippen LogP contribution >= 0.6 is 19.3 Å². The van der Waals surface area contributed by atoms with Crippen LogP contribution in [0.2, 0.25) is 5.02 Å². The lowest BCUT2D eigenvalue weighted by molar-refractivity contribution is -0.0475. The molecule has 12 nitrogen and oxygen atoms in total. The van der Waals surface area contributed by atoms with Crippen LogP contribution in [0.3, 0.4) is 0 Å². The summed E-state index contributed by atoms with van der Waals surface area (Å²) in [5, 5.41) is 23.8. The van der Waals surface area contributed by atoms with Crippen molar-refractivity contribution in [2.45, 2.75) is 38.3 Å². The smallest absolute Gasteiger partial charge is 0.413 e. The highest BCUT2D eigenvalue weighted by atomic mass is 35.5. The van der Waals surface area contributed by atoms with Crippen molar-refractivity contribution in [1.82, 2.24) is 14.6 Å². The second-order valence-electron chi connectivity index (χ2n) is 8.21. The molecule has 0 radical (unpaired) electrons. The molecule has 0 saturated carbocycles. The van der Waals surface area contributed by atoms with Gasteiger partial charge < -0.3 is 19.1 Å². The number of ether oxygens (including phenoxy) is 2. The highest BCUT2D eigenvalue weighted by molar-refractivity contribution is 7.52. The average molecular weight is 529 g/mol. The number of hydrogen-bond acceptors (Lipinski definition) is 9. The van der Waals surface area contributed by atoms with Gasteiger partial charge in [0.1, 0.15) is 23.4 Å². The fraction of sp³-hybridized carbons (Fsp3) is 0.476. The lowest BCUT2D eigenvalue weighted by Gasteiger charge is -2.26. The van der Waals surface area contributed by atoms with Gasteiger partial charge in [0.25, 0.3) is 5.56 Å². The predicted molar refractivity (Wildman–Crippen MR) is 125 cm³/mol. The Balaban J connectivity index is 1.83. The number of nitrogens with one attached hydrogen (secondary N) is 2. The van der Waals surface area contributed by atoms with Crippen molar-refractivity contribution in [3.05, 3.63) is 62.4 Å². The van der Waals surface area contributed by atoms with E-state index >= 15 is 0 Å². The Kier molecular flexibility index (Phi) is 8.56. The minimum Gasteiger partial charge on any atom is -0.413 e. The Labute approximate surface area is 205 Å². The monoisotopic (exact) mass is 528 g/mol. The van der Waals surface area contributed by atoms with Gasteiger partial charge in [-0.2, -0.15) is 5.26 Å². The predicted octanol–water partition coefficient (Wildman–Crippen LogP) is 1.81. The minimum atomic E-state index is -4.04. The summed E-state index contributed by atoms with van der Waals surface area (Å²) in [5.74, 6) is 0.210. The Bertz CT molecular complexity index is 1230. The van der Waals surface area contributed by atoms with Crippen LogP contribution in [0.5, 0.6) is 5.75 Å². The molecule has 1 aromatic carbocycles. The molecule has 190 valence electrons. The standard InChI is InChI=1S/C21H26ClN4O8P/c1-13(10-31-3)25-35(30,34-15-6-4-14(22)5-7-15)32-11-16-18(28)21(2,12-23)19(33-16)26-9-8-17(27)24-20(26)29/h4-9,13,16,18-19,28H,10-11H2,1-3H3,(H,25,30)(H,24,27,29). The van der Waals surface area contributed by atoms with E-state index in [1.54, 1.807) is 19.1 Å². The summed E-state index contributed by atoms with van der Waals surface area (Å²) in [4.78, 5) is 25.8. The number of aromatic nitrogens is 2. The van der Waals surface area contributed by atoms with Gasteiger partial charge in [-0.3, -0.25) is 18.9 Å². The highest BCUT2D eigenvalue weighted by Crippen LogP contribution is 2.48. The molecule has 6 atom stereocenters. The number of aliphatic hydroxyl groups excluding tert-OH is 1. The topological polar surface area (TPSA) is 165 Å². The molecule has 2 heterocycles. The van der Waals surface area contributed by atoms with Crippen LogP contribution in [-0.2, 0) is 18.6 Å². The molecule has 0 spiro atoms. The van der Waals surface area contributed by atoms with E-state index in [1.807, 2.05) is 6.07 Å². The molecule has 1 aliphatic heterocycles. The fourth-order valence-corrected chi connectivity index (χ4v) is 5.25. The lowest BCUT2D eigenvalue weighted by Crippen LogP contribution is -2.41. The SMILES string of the molecule is COCC(C)NP(=O)(OCC1OC(n2ccc(=O)[nH]c2=O)C(C)(C#N)C1O)Oc1ccc(Cl)cc1. The first kappa shape index (κ1) is 27.1. The maximum Gasteiger partial charge on any atom is 0.459 e. The first-order valence-corrected chi connectivity index (χ1v) is 12.5. The molecule has 3 N–H and O–H groups in total. The van der Waals surface area contributed by atoms with E-state index in [1.165, 1.54) is 32.4 Å². The lowest BCUT2D eigenvalue weighted by atomic mass is 9.84. The molecule has 35 heavy (non-hydrogen) atoms. The van der Waals surface area contributed by atoms with Gasteiger partial charge >= 0.3 is 13.4 Å². The number of nitrogens with zero attached hydrogens (tertiary/aromatic N) is 2. The Morgan fingerprint density at radius 2 is 2.06 bits per heavy atom. The van der Waals surface area contributed by atoms with E-state index in [9.17, 15) is 24.5 Å². The molecule has 1 fully saturated rings. The summed E-state index contributed by atoms with van der Waals surface area (Å²) >= 11 is 5.89. The summed E-state index contributed by atoms with van der Waals surface area (Å²) in [6.45, 7) is 2.85. The molecule has 6 unspecified atom stereocenters. The van der Waals surface area contributed by atoms with E-state index in [-0.39, 0.29) is 12.4 Å². The Morgan fingerprint density at radius 1 is 1.37 bits per heavy atom. The van der Waals surface area contributed by atoms with Gasteiger partial charge in [0, 0.05) is 30.4 Å². The summed E-state index contributed by atoms with van der Waals surface area (Å²) in [7, 11) is -2.56. The van der Waals surface area contributed by atoms with Crippen molar-refractivity contribution in [2.24, 2.45) is 5.41 Å². The van der Waals surface area contributed by atoms with Gasteiger partial charge in [-0.1, -0.05) is 11.6 Å². The maximum atomic E-state index is 13.5. The van der Waals surface area contributed by atoms with Crippen molar-refractivity contribution in [3.63, 3.8) is 0 Å². The Hall–Kier alpha value is -2.49. The number of aromatic amines is 1. The number of rotatable bonds is 10. The summed E-state index contributed by atoms with van der Waals surface area (Å²) in [6, 6.07) is 8.74. The largest absolute Gasteiger partial charge is 0.459 e. The van der Waals surface area contributed by atoms with Crippen molar-refractivity contribution >= 4 is 19.3 Å². The highest BCUT2D eigenvalue weighted by Gasteiger charge is 2.55. The van der Waals surface area contributed by atoms with Crippen molar-refractivity contribution in [1.29, 1.82) is 5.26 Å². The third kappa shape index (κ3) is 6.20. The van der Waals surface area contributed by atoms with E-state index in [4.69, 9.17) is 30.1 Å². The van der Waals surface area contributed by atoms with Crippen LogP contribution in [0.1, 0.15) is 20.1 Å². The molecule has 1 aromatic heterocycles. The van der Waals surface area contributed by atoms with Crippen molar-refractivity contribution in [3.8, 4) is 11.8 Å². The van der Waals surface area contributed by atoms with E-state index in [2.05, 4.69) is 10.1 Å². The molecular weight excluding hydrogens is 503 g/mol. The number of benzene rings is 1. The number of methoxy groups -OCH3 is 1. The van der Waals surface area contributed by atoms with Gasteiger partial charge in [-0.05, 0) is 38.1 Å². The van der Waals surface area contributed by atoms with Gasteiger partial charge in [-0.15, -0.1) is 0 Å². The number of aliphatic hydroxyl groups is 1. The quantitative estimate of drug-likeness (QED) is 0.387. The minimum absolute atomic E-state index is 0.198. The first-order chi connectivity index (χ1) is 16.5. The van der Waals surface area contributed by atoms with Gasteiger partial charge in [0.05, 0.1) is 19.3 Å². The van der Waals surface area contributed by atoms with Crippen LogP contribution in [-0.4, -0.2) is 53.2 Å². The normalized spacial score (nSPS) is 26.6. The van der Waals surface area contributed by atoms with Crippen molar-refractivity contribution in [2.75, 3.05) is 20.3 Å². The van der Waals surface area contributed by atoms with Crippen LogP contribution in [0.4, 0.5) is 0 Å². The number of hydrogen-bond donors (Lipinski definition) is 3. The molecule has 0 aliphatic carbocycles. The third-order valence-electron chi connectivity index (χ3n) is 5.37. The van der Waals surface area contributed by atoms with E-state index in [0.29, 0.717) is 5.02 Å². The van der Waals surface area contributed by atoms with Gasteiger partial charge in [0.2, 0.25) is 0 Å². The van der Waals surface area contributed by atoms with Crippen LogP contribution in [0, 0.1) is 16.7 Å². The third-order valence-corrected chi connectivity index (χ3v) is 7.32. The molecule has 1 aliphatic rings. The van der Waals surface area contributed by atoms with Gasteiger partial charge in [0.15, 0.2) is 6.23 Å². The zero-order chi connectivity index (χ0) is 25.8. The maximum absolute atomic E-state index is 13.5. The van der Waals surface area contributed by atoms with Crippen LogP contribution in [0.25, 0.3) is 0 Å². The second kappa shape index (κ2) is 11.1. The molecule has 2 aromatic rings. The molecule has 1 saturated heterocycles. The number of H-pyrrole nitrogens is 1. The summed E-state index contributed by atoms with van der Waals surface area (Å²) in [6.07, 6.45) is -2.68. The van der Waals surface area contributed by atoms with Crippen molar-refractivity contribution < 1.29 is 28.2 Å². The molecule has 14 heteroatoms. The van der Waals surface area contributed by atoms with E-state index in [0.717, 1.165) is 10.6 Å². The second-order valence-corrected chi connectivity index (χ2v) is 10.3. The molecular formula is C21H26ClN4O8P. The average Bonchev–Trinajstić information content (AvgIpc) is 3.05. The summed E-state index contributed by atoms with van der Waals surface area (Å²) < 4.78 is 36.6. The zero-order valence-electron chi connectivity index (χ0n) is 19.2. The van der Waals surface area contributed by atoms with Crippen LogP contribution in [0.15, 0.2) is 46.1 Å². The molecule has 0 bridgehead atoms. The Morgan fingerprint density at radius 3 is 2.66 bits per heavy atom. The zero-order valence-corrected chi connectivity index (χ0v) is 20.9. The number of nitriles is 1.